The third-order valence-corrected chi connectivity index (χ3v) is 3.34. The van der Waals surface area contributed by atoms with Gasteiger partial charge in [-0.1, -0.05) is 6.07 Å². The lowest BCUT2D eigenvalue weighted by Crippen LogP contribution is -2.53. The number of likely N-dealkylation sites (N-methyl/N-ethyl adjacent to an activating group) is 1. The molecule has 6 nitrogen and oxygen atoms in total. The number of methoxy groups -OCH3 is 1. The molecule has 1 aliphatic heterocycles. The molecule has 0 atom stereocenters. The minimum absolute atomic E-state index is 0.0324. The summed E-state index contributed by atoms with van der Waals surface area (Å²) in [5.74, 6) is -0.766. The number of rotatable bonds is 3. The van der Waals surface area contributed by atoms with E-state index in [0.717, 1.165) is 0 Å². The molecule has 2 N–H and O–H groups in total. The van der Waals surface area contributed by atoms with Crippen molar-refractivity contribution in [2.75, 3.05) is 13.7 Å². The lowest BCUT2D eigenvalue weighted by molar-refractivity contribution is -0.128. The van der Waals surface area contributed by atoms with Gasteiger partial charge in [0.05, 0.1) is 7.11 Å². The highest BCUT2D eigenvalue weighted by molar-refractivity contribution is 7.80. The highest BCUT2D eigenvalue weighted by Gasteiger charge is 2.32. The summed E-state index contributed by atoms with van der Waals surface area (Å²) in [6.45, 7) is 2.13. The smallest absolute Gasteiger partial charge is 0.265 e. The zero-order valence-corrected chi connectivity index (χ0v) is 12.4. The standard InChI is InChI=1S/C14H14N2O4S/c1-3-16-13(19)9(12(18)15-14(16)21)6-8-4-5-11(20-2)10(17)7-8/h4-7,17H,3H2,1-2H3,(H,15,18,21). The summed E-state index contributed by atoms with van der Waals surface area (Å²) in [7, 11) is 1.44. The van der Waals surface area contributed by atoms with E-state index >= 15 is 0 Å². The van der Waals surface area contributed by atoms with Gasteiger partial charge in [0.2, 0.25) is 0 Å². The second kappa shape index (κ2) is 5.92. The number of nitrogens with zero attached hydrogens (tertiary/aromatic N) is 1. The molecular formula is C14H14N2O4S. The van der Waals surface area contributed by atoms with E-state index in [1.807, 2.05) is 0 Å². The Hall–Kier alpha value is -2.41. The van der Waals surface area contributed by atoms with Gasteiger partial charge in [-0.2, -0.15) is 0 Å². The summed E-state index contributed by atoms with van der Waals surface area (Å²) in [4.78, 5) is 25.4. The van der Waals surface area contributed by atoms with E-state index in [0.29, 0.717) is 17.9 Å². The van der Waals surface area contributed by atoms with E-state index in [-0.39, 0.29) is 16.4 Å². The largest absolute Gasteiger partial charge is 0.504 e. The van der Waals surface area contributed by atoms with Crippen LogP contribution in [0.3, 0.4) is 0 Å². The molecule has 1 heterocycles. The van der Waals surface area contributed by atoms with Crippen LogP contribution in [-0.2, 0) is 9.59 Å². The molecule has 1 fully saturated rings. The molecule has 110 valence electrons. The van der Waals surface area contributed by atoms with Crippen molar-refractivity contribution in [3.8, 4) is 11.5 Å². The Morgan fingerprint density at radius 3 is 2.71 bits per heavy atom. The number of carbonyl (C=O) groups is 2. The number of benzene rings is 1. The summed E-state index contributed by atoms with van der Waals surface area (Å²) in [6, 6.07) is 4.60. The fourth-order valence-corrected chi connectivity index (χ4v) is 2.25. The highest BCUT2D eigenvalue weighted by atomic mass is 32.1. The molecule has 1 aromatic carbocycles. The van der Waals surface area contributed by atoms with Gasteiger partial charge in [0.1, 0.15) is 5.57 Å². The number of hydrogen-bond donors (Lipinski definition) is 2. The number of carbonyl (C=O) groups excluding carboxylic acids is 2. The Kier molecular flexibility index (Phi) is 4.23. The van der Waals surface area contributed by atoms with Gasteiger partial charge < -0.3 is 9.84 Å². The predicted octanol–water partition coefficient (Wildman–Crippen LogP) is 1.05. The number of phenols is 1. The van der Waals surface area contributed by atoms with Crippen molar-refractivity contribution in [1.82, 2.24) is 10.2 Å². The zero-order chi connectivity index (χ0) is 15.6. The lowest BCUT2D eigenvalue weighted by Gasteiger charge is -2.27. The average molecular weight is 306 g/mol. The van der Waals surface area contributed by atoms with Crippen molar-refractivity contribution in [1.29, 1.82) is 0 Å². The number of phenolic OH excluding ortho intramolecular Hbond substituents is 1. The third kappa shape index (κ3) is 2.87. The van der Waals surface area contributed by atoms with Crippen LogP contribution in [-0.4, -0.2) is 40.6 Å². The minimum atomic E-state index is -0.551. The Balaban J connectivity index is 2.39. The van der Waals surface area contributed by atoms with Gasteiger partial charge in [-0.05, 0) is 42.9 Å². The van der Waals surface area contributed by atoms with Crippen LogP contribution in [0.2, 0.25) is 0 Å². The topological polar surface area (TPSA) is 78.9 Å². The van der Waals surface area contributed by atoms with Crippen molar-refractivity contribution in [2.24, 2.45) is 0 Å². The van der Waals surface area contributed by atoms with Gasteiger partial charge >= 0.3 is 0 Å². The zero-order valence-electron chi connectivity index (χ0n) is 11.5. The average Bonchev–Trinajstić information content (AvgIpc) is 2.44. The van der Waals surface area contributed by atoms with Gasteiger partial charge in [0.25, 0.3) is 11.8 Å². The van der Waals surface area contributed by atoms with Gasteiger partial charge in [-0.3, -0.25) is 19.8 Å². The second-order valence-electron chi connectivity index (χ2n) is 4.30. The summed E-state index contributed by atoms with van der Waals surface area (Å²) in [6.07, 6.45) is 1.40. The van der Waals surface area contributed by atoms with E-state index in [4.69, 9.17) is 17.0 Å². The fourth-order valence-electron chi connectivity index (χ4n) is 1.94. The van der Waals surface area contributed by atoms with Gasteiger partial charge in [-0.25, -0.2) is 0 Å². The first kappa shape index (κ1) is 15.0. The fraction of sp³-hybridized carbons (Fsp3) is 0.214. The summed E-state index contributed by atoms with van der Waals surface area (Å²) in [5.41, 5.74) is 0.477. The molecule has 1 saturated heterocycles. The maximum atomic E-state index is 12.2. The van der Waals surface area contributed by atoms with Crippen molar-refractivity contribution in [3.63, 3.8) is 0 Å². The van der Waals surface area contributed by atoms with Gasteiger partial charge in [0.15, 0.2) is 16.6 Å². The highest BCUT2D eigenvalue weighted by Crippen LogP contribution is 2.27. The van der Waals surface area contributed by atoms with E-state index < -0.39 is 11.8 Å². The number of aromatic hydroxyl groups is 1. The normalized spacial score (nSPS) is 17.1. The Morgan fingerprint density at radius 2 is 2.14 bits per heavy atom. The molecule has 1 aliphatic rings. The van der Waals surface area contributed by atoms with Gasteiger partial charge in [0, 0.05) is 6.54 Å². The van der Waals surface area contributed by atoms with Crippen molar-refractivity contribution in [3.05, 3.63) is 29.3 Å². The number of thiocarbonyl (C=S) groups is 1. The van der Waals surface area contributed by atoms with Crippen LogP contribution in [0, 0.1) is 0 Å². The lowest BCUT2D eigenvalue weighted by atomic mass is 10.1. The van der Waals surface area contributed by atoms with Crippen LogP contribution in [0.15, 0.2) is 23.8 Å². The van der Waals surface area contributed by atoms with Crippen molar-refractivity contribution < 1.29 is 19.4 Å². The van der Waals surface area contributed by atoms with Crippen LogP contribution in [0.4, 0.5) is 0 Å². The summed E-state index contributed by atoms with van der Waals surface area (Å²) in [5, 5.41) is 12.3. The molecular weight excluding hydrogens is 292 g/mol. The maximum absolute atomic E-state index is 12.2. The summed E-state index contributed by atoms with van der Waals surface area (Å²) < 4.78 is 4.94. The summed E-state index contributed by atoms with van der Waals surface area (Å²) >= 11 is 4.94. The molecule has 0 aromatic heterocycles. The number of hydrogen-bond acceptors (Lipinski definition) is 5. The molecule has 0 aliphatic carbocycles. The molecule has 21 heavy (non-hydrogen) atoms. The van der Waals surface area contributed by atoms with Crippen LogP contribution < -0.4 is 10.1 Å². The van der Waals surface area contributed by atoms with E-state index in [1.54, 1.807) is 19.1 Å². The molecule has 1 aromatic rings. The molecule has 0 bridgehead atoms. The number of amides is 2. The molecule has 7 heteroatoms. The SMILES string of the molecule is CCN1C(=O)C(=Cc2ccc(OC)c(O)c2)C(=O)NC1=S. The monoisotopic (exact) mass is 306 g/mol. The molecule has 2 amide bonds. The first-order valence-electron chi connectivity index (χ1n) is 6.23. The van der Waals surface area contributed by atoms with E-state index in [9.17, 15) is 14.7 Å². The van der Waals surface area contributed by atoms with Crippen LogP contribution in [0.1, 0.15) is 12.5 Å². The van der Waals surface area contributed by atoms with Crippen LogP contribution in [0.25, 0.3) is 6.08 Å². The van der Waals surface area contributed by atoms with E-state index in [1.165, 1.54) is 24.2 Å². The Labute approximate surface area is 127 Å². The molecule has 0 unspecified atom stereocenters. The molecule has 0 radical (unpaired) electrons. The van der Waals surface area contributed by atoms with Crippen LogP contribution >= 0.6 is 12.2 Å². The molecule has 0 spiro atoms. The quantitative estimate of drug-likeness (QED) is 0.496. The second-order valence-corrected chi connectivity index (χ2v) is 4.68. The van der Waals surface area contributed by atoms with E-state index in [2.05, 4.69) is 5.32 Å². The number of ether oxygens (including phenoxy) is 1. The molecule has 2 rings (SSSR count). The van der Waals surface area contributed by atoms with Gasteiger partial charge in [-0.15, -0.1) is 0 Å². The Morgan fingerprint density at radius 1 is 1.43 bits per heavy atom. The maximum Gasteiger partial charge on any atom is 0.265 e. The van der Waals surface area contributed by atoms with Crippen molar-refractivity contribution >= 4 is 35.2 Å². The molecule has 0 saturated carbocycles. The first-order valence-corrected chi connectivity index (χ1v) is 6.64. The predicted molar refractivity (Wildman–Crippen MR) is 80.8 cm³/mol. The Bertz CT molecular complexity index is 654. The number of nitrogens with one attached hydrogen (secondary N) is 1. The first-order chi connectivity index (χ1) is 9.97. The van der Waals surface area contributed by atoms with Crippen LogP contribution in [0.5, 0.6) is 11.5 Å². The van der Waals surface area contributed by atoms with Crippen molar-refractivity contribution in [2.45, 2.75) is 6.92 Å². The minimum Gasteiger partial charge on any atom is -0.504 e. The third-order valence-electron chi connectivity index (χ3n) is 3.02.